The molecule has 6 heterocycles. The first kappa shape index (κ1) is 27.6. The van der Waals surface area contributed by atoms with Crippen LogP contribution in [0.1, 0.15) is 24.0 Å². The molecule has 10 nitrogen and oxygen atoms in total. The van der Waals surface area contributed by atoms with Gasteiger partial charge in [-0.25, -0.2) is 9.78 Å². The maximum absolute atomic E-state index is 11.5. The van der Waals surface area contributed by atoms with Gasteiger partial charge in [0.05, 0.1) is 22.8 Å². The van der Waals surface area contributed by atoms with Gasteiger partial charge in [-0.1, -0.05) is 18.2 Å². The van der Waals surface area contributed by atoms with Crippen LogP contribution >= 0.6 is 0 Å². The molecule has 38 heavy (non-hydrogen) atoms. The van der Waals surface area contributed by atoms with Crippen LogP contribution in [0.4, 0.5) is 4.79 Å². The van der Waals surface area contributed by atoms with E-state index in [1.54, 1.807) is 0 Å². The van der Waals surface area contributed by atoms with Crippen LogP contribution in [0, 0.1) is 0 Å². The highest BCUT2D eigenvalue weighted by molar-refractivity contribution is 5.65. The van der Waals surface area contributed by atoms with Crippen LogP contribution in [-0.2, 0) is 13.1 Å². The maximum atomic E-state index is 11.5. The van der Waals surface area contributed by atoms with Gasteiger partial charge in [-0.15, -0.1) is 0 Å². The summed E-state index contributed by atoms with van der Waals surface area (Å²) in [6, 6.07) is 14.1. The van der Waals surface area contributed by atoms with Crippen molar-refractivity contribution in [2.24, 2.45) is 0 Å². The molecule has 0 saturated carbocycles. The molecule has 0 aliphatic carbocycles. The number of carbonyl (C=O) groups is 1. The summed E-state index contributed by atoms with van der Waals surface area (Å²) >= 11 is 0. The average Bonchev–Trinajstić information content (AvgIpc) is 2.94. The molecule has 3 aliphatic rings. The summed E-state index contributed by atoms with van der Waals surface area (Å²) in [5.74, 6) is 0. The van der Waals surface area contributed by atoms with E-state index in [4.69, 9.17) is 4.98 Å². The summed E-state index contributed by atoms with van der Waals surface area (Å²) in [6.07, 6.45) is 4.82. The Morgan fingerprint density at radius 1 is 0.658 bits per heavy atom. The second-order valence-electron chi connectivity index (χ2n) is 9.34. The molecule has 0 atom stereocenters. The molecule has 3 aromatic rings. The zero-order valence-electron chi connectivity index (χ0n) is 21.8. The molecule has 3 aromatic heterocycles. The van der Waals surface area contributed by atoms with Crippen molar-refractivity contribution in [1.82, 2.24) is 41.1 Å². The van der Waals surface area contributed by atoms with Gasteiger partial charge in [0.25, 0.3) is 0 Å². The zero-order valence-corrected chi connectivity index (χ0v) is 21.8. The summed E-state index contributed by atoms with van der Waals surface area (Å²) in [6.45, 7) is 7.14. The van der Waals surface area contributed by atoms with Crippen LogP contribution in [-0.4, -0.2) is 83.4 Å². The van der Waals surface area contributed by atoms with Gasteiger partial charge in [-0.3, -0.25) is 9.97 Å². The lowest BCUT2D eigenvalue weighted by atomic mass is 10.1. The predicted molar refractivity (Wildman–Crippen MR) is 149 cm³/mol. The molecule has 6 bridgehead atoms. The lowest BCUT2D eigenvalue weighted by molar-refractivity contribution is 0.145. The molecule has 0 radical (unpaired) electrons. The lowest BCUT2D eigenvalue weighted by Gasteiger charge is -2.19. The molecular formula is C28H38N8O2. The number of aromatic nitrogens is 3. The van der Waals surface area contributed by atoms with E-state index in [1.165, 1.54) is 4.90 Å². The summed E-state index contributed by atoms with van der Waals surface area (Å²) in [4.78, 5) is 27.0. The Kier molecular flexibility index (Phi) is 11.0. The number of rotatable bonds is 0. The fraction of sp³-hybridized carbons (Fsp3) is 0.429. The summed E-state index contributed by atoms with van der Waals surface area (Å²) < 4.78 is 0. The number of nitrogens with one attached hydrogen (secondary N) is 4. The summed E-state index contributed by atoms with van der Waals surface area (Å²) in [5.41, 5.74) is 5.54. The van der Waals surface area contributed by atoms with Crippen molar-refractivity contribution in [3.8, 4) is 22.8 Å². The molecule has 202 valence electrons. The number of hydrogen-bond donors (Lipinski definition) is 5. The number of nitrogens with zero attached hydrogens (tertiary/aromatic N) is 4. The Morgan fingerprint density at radius 3 is 1.61 bits per heavy atom. The number of carboxylic acid groups (broad SMARTS) is 1. The van der Waals surface area contributed by atoms with Crippen molar-refractivity contribution < 1.29 is 9.90 Å². The van der Waals surface area contributed by atoms with Crippen molar-refractivity contribution in [2.75, 3.05) is 52.4 Å². The van der Waals surface area contributed by atoms with Gasteiger partial charge in [0.2, 0.25) is 0 Å². The predicted octanol–water partition coefficient (Wildman–Crippen LogP) is 2.34. The van der Waals surface area contributed by atoms with E-state index in [-0.39, 0.29) is 0 Å². The summed E-state index contributed by atoms with van der Waals surface area (Å²) in [7, 11) is 0. The minimum Gasteiger partial charge on any atom is -0.465 e. The average molecular weight is 519 g/mol. The fourth-order valence-corrected chi connectivity index (χ4v) is 4.20. The second kappa shape index (κ2) is 15.1. The van der Waals surface area contributed by atoms with Crippen molar-refractivity contribution in [2.45, 2.75) is 25.9 Å². The van der Waals surface area contributed by atoms with Crippen LogP contribution in [0.3, 0.4) is 0 Å². The normalized spacial score (nSPS) is 17.0. The van der Waals surface area contributed by atoms with E-state index < -0.39 is 6.09 Å². The van der Waals surface area contributed by atoms with Gasteiger partial charge in [0.15, 0.2) is 0 Å². The molecule has 5 N–H and O–H groups in total. The number of fused-ring (bicyclic) bond motifs is 2. The van der Waals surface area contributed by atoms with Crippen LogP contribution in [0.25, 0.3) is 22.8 Å². The molecule has 6 rings (SSSR count). The van der Waals surface area contributed by atoms with Gasteiger partial charge >= 0.3 is 6.09 Å². The third-order valence-corrected chi connectivity index (χ3v) is 6.38. The van der Waals surface area contributed by atoms with Gasteiger partial charge in [0, 0.05) is 51.7 Å². The first-order valence-electron chi connectivity index (χ1n) is 13.4. The Morgan fingerprint density at radius 2 is 1.16 bits per heavy atom. The topological polar surface area (TPSA) is 127 Å². The largest absolute Gasteiger partial charge is 0.465 e. The lowest BCUT2D eigenvalue weighted by Crippen LogP contribution is -2.40. The van der Waals surface area contributed by atoms with Gasteiger partial charge < -0.3 is 31.3 Å². The fourth-order valence-electron chi connectivity index (χ4n) is 4.20. The van der Waals surface area contributed by atoms with Crippen molar-refractivity contribution >= 4 is 6.09 Å². The first-order valence-corrected chi connectivity index (χ1v) is 13.4. The first-order chi connectivity index (χ1) is 18.7. The maximum Gasteiger partial charge on any atom is 0.407 e. The van der Waals surface area contributed by atoms with Crippen molar-refractivity contribution in [3.63, 3.8) is 0 Å². The number of hydrogen-bond acceptors (Lipinski definition) is 8. The van der Waals surface area contributed by atoms with E-state index in [0.29, 0.717) is 26.2 Å². The van der Waals surface area contributed by atoms with E-state index in [9.17, 15) is 9.90 Å². The van der Waals surface area contributed by atoms with E-state index in [0.717, 1.165) is 86.0 Å². The standard InChI is InChI=1S/C28H38N8O2/c37-28(38)36-16-14-29-10-2-12-31-18-22-6-8-24(33-20-22)26-4-1-5-27(35-26)25-9-7-23(21-34-25)19-32-13-3-11-30-15-17-36/h1,4-9,20-21,29-32H,2-3,10-19H2,(H,37,38). The van der Waals surface area contributed by atoms with Gasteiger partial charge in [-0.05, 0) is 74.4 Å². The SMILES string of the molecule is O=C(O)N1CCNCCCNCc2ccc(nc2)-c2cccc(n2)-c2ccc(cn2)CNCCCNCC1. The van der Waals surface area contributed by atoms with E-state index >= 15 is 0 Å². The molecule has 1 amide bonds. The second-order valence-corrected chi connectivity index (χ2v) is 9.34. The third-order valence-electron chi connectivity index (χ3n) is 6.38. The molecule has 0 spiro atoms. The highest BCUT2D eigenvalue weighted by atomic mass is 16.4. The van der Waals surface area contributed by atoms with Gasteiger partial charge in [0.1, 0.15) is 0 Å². The quantitative estimate of drug-likeness (QED) is 0.305. The molecule has 0 aromatic carbocycles. The minimum atomic E-state index is -0.876. The molecule has 0 unspecified atom stereocenters. The Balaban J connectivity index is 1.38. The monoisotopic (exact) mass is 518 g/mol. The van der Waals surface area contributed by atoms with Crippen molar-refractivity contribution in [1.29, 1.82) is 0 Å². The highest BCUT2D eigenvalue weighted by Crippen LogP contribution is 2.20. The smallest absolute Gasteiger partial charge is 0.407 e. The summed E-state index contributed by atoms with van der Waals surface area (Å²) in [5, 5.41) is 23.0. The molecule has 3 aliphatic heterocycles. The highest BCUT2D eigenvalue weighted by Gasteiger charge is 2.10. The minimum absolute atomic E-state index is 0.481. The number of pyridine rings is 3. The number of amides is 1. The molecule has 0 fully saturated rings. The van der Waals surface area contributed by atoms with Crippen LogP contribution < -0.4 is 21.3 Å². The van der Waals surface area contributed by atoms with E-state index in [1.807, 2.05) is 42.7 Å². The van der Waals surface area contributed by atoms with Crippen molar-refractivity contribution in [3.05, 3.63) is 66.0 Å². The Bertz CT molecular complexity index is 1050. The van der Waals surface area contributed by atoms with Crippen LogP contribution in [0.15, 0.2) is 54.9 Å². The molecule has 10 heteroatoms. The van der Waals surface area contributed by atoms with Gasteiger partial charge in [-0.2, -0.15) is 0 Å². The molecular weight excluding hydrogens is 480 g/mol. The van der Waals surface area contributed by atoms with Crippen LogP contribution in [0.5, 0.6) is 0 Å². The van der Waals surface area contributed by atoms with E-state index in [2.05, 4.69) is 43.4 Å². The van der Waals surface area contributed by atoms with Crippen LogP contribution in [0.2, 0.25) is 0 Å². The molecule has 0 saturated heterocycles. The Hall–Kier alpha value is -3.44. The zero-order chi connectivity index (χ0) is 26.4. The Labute approximate surface area is 224 Å². The third kappa shape index (κ3) is 8.84.